The molecule has 3 atom stereocenters. The highest BCUT2D eigenvalue weighted by Crippen LogP contribution is 2.58. The molecule has 0 aliphatic heterocycles. The fourth-order valence-electron chi connectivity index (χ4n) is 5.57. The molecule has 0 aromatic heterocycles. The van der Waals surface area contributed by atoms with Gasteiger partial charge in [0.25, 0.3) is 0 Å². The largest absolute Gasteiger partial charge is 0.497 e. The third-order valence-electron chi connectivity index (χ3n) is 6.81. The molecule has 1 N–H and O–H groups in total. The van der Waals surface area contributed by atoms with E-state index in [4.69, 9.17) is 9.47 Å². The van der Waals surface area contributed by atoms with Gasteiger partial charge < -0.3 is 14.6 Å². The van der Waals surface area contributed by atoms with Crippen molar-refractivity contribution in [2.24, 2.45) is 11.3 Å². The van der Waals surface area contributed by atoms with Crippen LogP contribution in [0.2, 0.25) is 0 Å². The van der Waals surface area contributed by atoms with Gasteiger partial charge in [-0.3, -0.25) is 4.79 Å². The fraction of sp³-hybridized carbons (Fsp3) is 0.667. The van der Waals surface area contributed by atoms with Crippen LogP contribution in [0.25, 0.3) is 0 Å². The molecule has 138 valence electrons. The first kappa shape index (κ1) is 18.2. The van der Waals surface area contributed by atoms with Crippen LogP contribution in [-0.2, 0) is 27.8 Å². The predicted molar refractivity (Wildman–Crippen MR) is 96.9 cm³/mol. The summed E-state index contributed by atoms with van der Waals surface area (Å²) in [6.45, 7) is 4.53. The molecule has 1 aromatic carbocycles. The molecule has 4 nitrogen and oxygen atoms in total. The van der Waals surface area contributed by atoms with Crippen molar-refractivity contribution in [1.82, 2.24) is 0 Å². The summed E-state index contributed by atoms with van der Waals surface area (Å²) in [5.41, 5.74) is 3.35. The second-order valence-electron chi connectivity index (χ2n) is 8.06. The van der Waals surface area contributed by atoms with E-state index in [9.17, 15) is 9.90 Å². The van der Waals surface area contributed by atoms with Gasteiger partial charge in [-0.1, -0.05) is 13.3 Å². The summed E-state index contributed by atoms with van der Waals surface area (Å²) in [7, 11) is 3.19. The van der Waals surface area contributed by atoms with Crippen molar-refractivity contribution in [3.05, 3.63) is 28.8 Å². The number of fused-ring (bicyclic) bond motifs is 3. The van der Waals surface area contributed by atoms with Gasteiger partial charge in [-0.2, -0.15) is 0 Å². The van der Waals surface area contributed by atoms with Crippen LogP contribution >= 0.6 is 0 Å². The van der Waals surface area contributed by atoms with E-state index in [1.165, 1.54) is 23.8 Å². The Kier molecular flexibility index (Phi) is 4.84. The van der Waals surface area contributed by atoms with E-state index in [0.717, 1.165) is 37.9 Å². The Morgan fingerprint density at radius 1 is 1.28 bits per heavy atom. The molecule has 0 saturated heterocycles. The number of carbonyl (C=O) groups is 1. The van der Waals surface area contributed by atoms with Crippen LogP contribution in [0.4, 0.5) is 0 Å². The van der Waals surface area contributed by atoms with Crippen LogP contribution in [-0.4, -0.2) is 31.9 Å². The molecule has 1 aromatic rings. The van der Waals surface area contributed by atoms with E-state index >= 15 is 0 Å². The Morgan fingerprint density at radius 2 is 2.04 bits per heavy atom. The van der Waals surface area contributed by atoms with Gasteiger partial charge >= 0.3 is 5.97 Å². The minimum Gasteiger partial charge on any atom is -0.497 e. The van der Waals surface area contributed by atoms with E-state index in [-0.39, 0.29) is 23.9 Å². The number of aliphatic hydroxyl groups is 1. The minimum absolute atomic E-state index is 0.0620. The van der Waals surface area contributed by atoms with Gasteiger partial charge in [0.1, 0.15) is 5.75 Å². The zero-order chi connectivity index (χ0) is 18.2. The van der Waals surface area contributed by atoms with Gasteiger partial charge in [-0.25, -0.2) is 0 Å². The van der Waals surface area contributed by atoms with Gasteiger partial charge in [0, 0.05) is 6.61 Å². The lowest BCUT2D eigenvalue weighted by Gasteiger charge is -2.54. The number of aliphatic hydroxyl groups excluding tert-OH is 1. The van der Waals surface area contributed by atoms with Gasteiger partial charge in [-0.15, -0.1) is 0 Å². The maximum atomic E-state index is 12.6. The lowest BCUT2D eigenvalue weighted by molar-refractivity contribution is -0.161. The summed E-state index contributed by atoms with van der Waals surface area (Å²) in [5, 5.41) is 9.47. The molecule has 0 heterocycles. The van der Waals surface area contributed by atoms with E-state index in [1.807, 2.05) is 0 Å². The first-order valence-electron chi connectivity index (χ1n) is 9.30. The summed E-state index contributed by atoms with van der Waals surface area (Å²) < 4.78 is 10.7. The summed E-state index contributed by atoms with van der Waals surface area (Å²) >= 11 is 0. The molecule has 0 amide bonds. The number of carbonyl (C=O) groups excluding carboxylic acids is 1. The second kappa shape index (κ2) is 6.64. The lowest BCUT2D eigenvalue weighted by Crippen LogP contribution is -2.52. The summed E-state index contributed by atoms with van der Waals surface area (Å²) in [6, 6.07) is 4.21. The molecule has 0 radical (unpaired) electrons. The van der Waals surface area contributed by atoms with Crippen molar-refractivity contribution in [3.8, 4) is 5.75 Å². The zero-order valence-electron chi connectivity index (χ0n) is 15.9. The van der Waals surface area contributed by atoms with Crippen LogP contribution in [0.3, 0.4) is 0 Å². The summed E-state index contributed by atoms with van der Waals surface area (Å²) in [4.78, 5) is 12.6. The van der Waals surface area contributed by atoms with Crippen molar-refractivity contribution in [3.63, 3.8) is 0 Å². The van der Waals surface area contributed by atoms with Gasteiger partial charge in [-0.05, 0) is 79.2 Å². The summed E-state index contributed by atoms with van der Waals surface area (Å²) in [6.07, 6.45) is 5.56. The number of esters is 1. The second-order valence-corrected chi connectivity index (χ2v) is 8.06. The molecule has 1 fully saturated rings. The Hall–Kier alpha value is -1.55. The van der Waals surface area contributed by atoms with E-state index in [1.54, 1.807) is 7.11 Å². The number of hydrogen-bond acceptors (Lipinski definition) is 4. The van der Waals surface area contributed by atoms with E-state index < -0.39 is 5.41 Å². The molecule has 2 aliphatic rings. The highest BCUT2D eigenvalue weighted by molar-refractivity contribution is 5.77. The molecule has 25 heavy (non-hydrogen) atoms. The average molecular weight is 346 g/mol. The lowest BCUT2D eigenvalue weighted by atomic mass is 9.49. The third kappa shape index (κ3) is 2.75. The minimum atomic E-state index is -0.431. The standard InChI is InChI=1S/C21H30O4/c1-20-9-5-10-21(2,19(23)25-4)18(20)7-6-16-14(8-11-22)12-15(24-3)13-17(16)20/h12-13,18,22H,5-11H2,1-4H3/t18?,20-,21+/m1/s1. The maximum Gasteiger partial charge on any atom is 0.311 e. The van der Waals surface area contributed by atoms with Crippen LogP contribution < -0.4 is 4.74 Å². The van der Waals surface area contributed by atoms with E-state index in [0.29, 0.717) is 6.42 Å². The highest BCUT2D eigenvalue weighted by Gasteiger charge is 2.55. The summed E-state index contributed by atoms with van der Waals surface area (Å²) in [5.74, 6) is 1.03. The number of methoxy groups -OCH3 is 2. The monoisotopic (exact) mass is 346 g/mol. The molecular weight excluding hydrogens is 316 g/mol. The smallest absolute Gasteiger partial charge is 0.311 e. The molecule has 0 spiro atoms. The third-order valence-corrected chi connectivity index (χ3v) is 6.81. The van der Waals surface area contributed by atoms with Crippen molar-refractivity contribution in [2.75, 3.05) is 20.8 Å². The Balaban J connectivity index is 2.13. The Bertz CT molecular complexity index is 668. The van der Waals surface area contributed by atoms with Crippen molar-refractivity contribution in [2.45, 2.75) is 57.8 Å². The van der Waals surface area contributed by atoms with Crippen molar-refractivity contribution in [1.29, 1.82) is 0 Å². The first-order valence-corrected chi connectivity index (χ1v) is 9.30. The molecule has 1 unspecified atom stereocenters. The van der Waals surface area contributed by atoms with Crippen LogP contribution in [0.5, 0.6) is 5.75 Å². The first-order chi connectivity index (χ1) is 11.9. The number of ether oxygens (including phenoxy) is 2. The quantitative estimate of drug-likeness (QED) is 0.849. The zero-order valence-corrected chi connectivity index (χ0v) is 15.9. The van der Waals surface area contributed by atoms with Crippen molar-refractivity contribution >= 4 is 5.97 Å². The topological polar surface area (TPSA) is 55.8 Å². The van der Waals surface area contributed by atoms with Crippen LogP contribution in [0, 0.1) is 11.3 Å². The average Bonchev–Trinajstić information content (AvgIpc) is 2.61. The maximum absolute atomic E-state index is 12.6. The SMILES string of the molecule is COC(=O)[C@@]1(C)CCC[C@]2(C)c3cc(OC)cc(CCO)c3CCC12. The Morgan fingerprint density at radius 3 is 2.68 bits per heavy atom. The molecule has 2 aliphatic carbocycles. The molecule has 0 bridgehead atoms. The van der Waals surface area contributed by atoms with Gasteiger partial charge in [0.15, 0.2) is 0 Å². The molecular formula is C21H30O4. The number of rotatable bonds is 4. The predicted octanol–water partition coefficient (Wildman–Crippen LogP) is 3.41. The Labute approximate surface area is 150 Å². The number of benzene rings is 1. The molecule has 4 heteroatoms. The molecule has 1 saturated carbocycles. The van der Waals surface area contributed by atoms with E-state index in [2.05, 4.69) is 26.0 Å². The van der Waals surface area contributed by atoms with Crippen molar-refractivity contribution < 1.29 is 19.4 Å². The van der Waals surface area contributed by atoms with Crippen LogP contribution in [0.15, 0.2) is 12.1 Å². The fourth-order valence-corrected chi connectivity index (χ4v) is 5.57. The van der Waals surface area contributed by atoms with Crippen LogP contribution in [0.1, 0.15) is 56.2 Å². The van der Waals surface area contributed by atoms with Gasteiger partial charge in [0.2, 0.25) is 0 Å². The highest BCUT2D eigenvalue weighted by atomic mass is 16.5. The normalized spacial score (nSPS) is 31.0. The van der Waals surface area contributed by atoms with Gasteiger partial charge in [0.05, 0.1) is 19.6 Å². The molecule has 3 rings (SSSR count). The number of hydrogen-bond donors (Lipinski definition) is 1.